The minimum absolute atomic E-state index is 0.186. The lowest BCUT2D eigenvalue weighted by Gasteiger charge is -2.13. The van der Waals surface area contributed by atoms with Crippen LogP contribution in [0.5, 0.6) is 0 Å². The van der Waals surface area contributed by atoms with Crippen molar-refractivity contribution in [2.45, 2.75) is 26.8 Å². The van der Waals surface area contributed by atoms with Gasteiger partial charge in [-0.2, -0.15) is 0 Å². The minimum Gasteiger partial charge on any atom is -0.464 e. The van der Waals surface area contributed by atoms with Crippen LogP contribution in [0.1, 0.15) is 29.8 Å². The van der Waals surface area contributed by atoms with E-state index in [2.05, 4.69) is 5.32 Å². The highest BCUT2D eigenvalue weighted by atomic mass is 19.1. The van der Waals surface area contributed by atoms with Crippen molar-refractivity contribution in [1.82, 2.24) is 5.32 Å². The number of esters is 1. The third-order valence-corrected chi connectivity index (χ3v) is 2.51. The lowest BCUT2D eigenvalue weighted by molar-refractivity contribution is -0.144. The van der Waals surface area contributed by atoms with Crippen LogP contribution in [0.2, 0.25) is 0 Å². The van der Waals surface area contributed by atoms with Gasteiger partial charge in [0.1, 0.15) is 11.9 Å². The minimum atomic E-state index is -0.853. The number of hydrogen-bond acceptors (Lipinski definition) is 4. The van der Waals surface area contributed by atoms with Gasteiger partial charge in [0.2, 0.25) is 0 Å². The van der Waals surface area contributed by atoms with Crippen molar-refractivity contribution < 1.29 is 18.7 Å². The number of carbonyl (C=O) groups excluding carboxylic acids is 2. The monoisotopic (exact) mass is 268 g/mol. The van der Waals surface area contributed by atoms with E-state index in [1.165, 1.54) is 26.0 Å². The molecule has 104 valence electrons. The van der Waals surface area contributed by atoms with Crippen LogP contribution in [0.3, 0.4) is 0 Å². The summed E-state index contributed by atoms with van der Waals surface area (Å²) in [5, 5.41) is 2.37. The van der Waals surface area contributed by atoms with Crippen LogP contribution in [0.4, 0.5) is 10.1 Å². The van der Waals surface area contributed by atoms with E-state index in [0.717, 1.165) is 0 Å². The van der Waals surface area contributed by atoms with Gasteiger partial charge in [-0.15, -0.1) is 0 Å². The molecular formula is C13H17FN2O3. The fourth-order valence-electron chi connectivity index (χ4n) is 1.56. The SMILES string of the molecule is CCOC(=O)C(C)NC(=O)c1cc(N)cc(C)c1F. The number of hydrogen-bond donors (Lipinski definition) is 2. The summed E-state index contributed by atoms with van der Waals surface area (Å²) in [6, 6.07) is 1.81. The molecule has 1 rings (SSSR count). The standard InChI is InChI=1S/C13H17FN2O3/c1-4-19-13(18)8(3)16-12(17)10-6-9(15)5-7(2)11(10)14/h5-6,8H,4,15H2,1-3H3,(H,16,17). The van der Waals surface area contributed by atoms with Crippen LogP contribution in [-0.4, -0.2) is 24.5 Å². The Morgan fingerprint density at radius 3 is 2.68 bits per heavy atom. The van der Waals surface area contributed by atoms with Gasteiger partial charge in [-0.3, -0.25) is 4.79 Å². The molecule has 0 aliphatic heterocycles. The molecule has 1 amide bonds. The Morgan fingerprint density at radius 1 is 1.47 bits per heavy atom. The number of amides is 1. The first-order chi connectivity index (χ1) is 8.86. The molecule has 5 nitrogen and oxygen atoms in total. The van der Waals surface area contributed by atoms with Crippen LogP contribution in [0.25, 0.3) is 0 Å². The van der Waals surface area contributed by atoms with Crippen molar-refractivity contribution >= 4 is 17.6 Å². The van der Waals surface area contributed by atoms with E-state index in [1.54, 1.807) is 6.92 Å². The van der Waals surface area contributed by atoms with Crippen LogP contribution >= 0.6 is 0 Å². The fourth-order valence-corrected chi connectivity index (χ4v) is 1.56. The van der Waals surface area contributed by atoms with Gasteiger partial charge in [0.25, 0.3) is 5.91 Å². The predicted octanol–water partition coefficient (Wildman–Crippen LogP) is 1.40. The quantitative estimate of drug-likeness (QED) is 0.639. The van der Waals surface area contributed by atoms with E-state index in [0.29, 0.717) is 0 Å². The summed E-state index contributed by atoms with van der Waals surface area (Å²) in [6.07, 6.45) is 0. The van der Waals surface area contributed by atoms with Gasteiger partial charge in [0, 0.05) is 5.69 Å². The molecular weight excluding hydrogens is 251 g/mol. The molecule has 0 bridgehead atoms. The van der Waals surface area contributed by atoms with Crippen LogP contribution in [-0.2, 0) is 9.53 Å². The van der Waals surface area contributed by atoms with Crippen molar-refractivity contribution in [3.63, 3.8) is 0 Å². The zero-order valence-corrected chi connectivity index (χ0v) is 11.1. The van der Waals surface area contributed by atoms with Gasteiger partial charge in [-0.25, -0.2) is 9.18 Å². The van der Waals surface area contributed by atoms with Crippen molar-refractivity contribution in [2.75, 3.05) is 12.3 Å². The number of ether oxygens (including phenoxy) is 1. The molecule has 1 aromatic carbocycles. The van der Waals surface area contributed by atoms with Gasteiger partial charge in [-0.05, 0) is 38.5 Å². The number of rotatable bonds is 4. The zero-order chi connectivity index (χ0) is 14.6. The van der Waals surface area contributed by atoms with Crippen LogP contribution < -0.4 is 11.1 Å². The number of anilines is 1. The molecule has 0 saturated heterocycles. The second kappa shape index (κ2) is 6.17. The number of nitrogens with one attached hydrogen (secondary N) is 1. The van der Waals surface area contributed by atoms with Crippen molar-refractivity contribution in [3.05, 3.63) is 29.1 Å². The molecule has 0 aliphatic carbocycles. The maximum Gasteiger partial charge on any atom is 0.328 e. The molecule has 19 heavy (non-hydrogen) atoms. The summed E-state index contributed by atoms with van der Waals surface area (Å²) in [6.45, 7) is 4.85. The van der Waals surface area contributed by atoms with Crippen molar-refractivity contribution in [2.24, 2.45) is 0 Å². The van der Waals surface area contributed by atoms with Gasteiger partial charge < -0.3 is 15.8 Å². The maximum absolute atomic E-state index is 13.8. The summed E-state index contributed by atoms with van der Waals surface area (Å²) in [4.78, 5) is 23.2. The zero-order valence-electron chi connectivity index (χ0n) is 11.1. The van der Waals surface area contributed by atoms with Gasteiger partial charge in [0.05, 0.1) is 12.2 Å². The van der Waals surface area contributed by atoms with Crippen LogP contribution in [0.15, 0.2) is 12.1 Å². The lowest BCUT2D eigenvalue weighted by atomic mass is 10.1. The van der Waals surface area contributed by atoms with Gasteiger partial charge in [0.15, 0.2) is 0 Å². The molecule has 0 heterocycles. The maximum atomic E-state index is 13.8. The Balaban J connectivity index is 2.87. The molecule has 0 radical (unpaired) electrons. The van der Waals surface area contributed by atoms with Crippen molar-refractivity contribution in [1.29, 1.82) is 0 Å². The lowest BCUT2D eigenvalue weighted by Crippen LogP contribution is -2.40. The normalized spacial score (nSPS) is 11.8. The molecule has 6 heteroatoms. The molecule has 1 unspecified atom stereocenters. The van der Waals surface area contributed by atoms with Crippen molar-refractivity contribution in [3.8, 4) is 0 Å². The summed E-state index contributed by atoms with van der Waals surface area (Å²) in [5.74, 6) is -1.92. The molecule has 0 aliphatic rings. The third-order valence-electron chi connectivity index (χ3n) is 2.51. The molecule has 0 fully saturated rings. The van der Waals surface area contributed by atoms with E-state index < -0.39 is 23.7 Å². The predicted molar refractivity (Wildman–Crippen MR) is 69.1 cm³/mol. The first-order valence-electron chi connectivity index (χ1n) is 5.90. The topological polar surface area (TPSA) is 81.4 Å². The molecule has 1 atom stereocenters. The number of benzene rings is 1. The fraction of sp³-hybridized carbons (Fsp3) is 0.385. The molecule has 0 aromatic heterocycles. The molecule has 1 aromatic rings. The van der Waals surface area contributed by atoms with Gasteiger partial charge >= 0.3 is 5.97 Å². The Bertz CT molecular complexity index is 503. The summed E-state index contributed by atoms with van der Waals surface area (Å²) >= 11 is 0. The van der Waals surface area contributed by atoms with Gasteiger partial charge in [-0.1, -0.05) is 0 Å². The summed E-state index contributed by atoms with van der Waals surface area (Å²) in [5.41, 5.74) is 5.94. The largest absolute Gasteiger partial charge is 0.464 e. The first-order valence-corrected chi connectivity index (χ1v) is 5.90. The number of nitrogen functional groups attached to an aromatic ring is 1. The Kier molecular flexibility index (Phi) is 4.86. The average Bonchev–Trinajstić information content (AvgIpc) is 2.33. The Labute approximate surface area is 110 Å². The second-order valence-corrected chi connectivity index (χ2v) is 4.15. The highest BCUT2D eigenvalue weighted by molar-refractivity contribution is 5.97. The number of aryl methyl sites for hydroxylation is 1. The van der Waals surface area contributed by atoms with E-state index in [-0.39, 0.29) is 23.4 Å². The van der Waals surface area contributed by atoms with E-state index in [1.807, 2.05) is 0 Å². The highest BCUT2D eigenvalue weighted by Gasteiger charge is 2.20. The first kappa shape index (κ1) is 14.9. The van der Waals surface area contributed by atoms with E-state index in [9.17, 15) is 14.0 Å². The second-order valence-electron chi connectivity index (χ2n) is 4.15. The molecule has 0 saturated carbocycles. The van der Waals surface area contributed by atoms with E-state index >= 15 is 0 Å². The Morgan fingerprint density at radius 2 is 2.11 bits per heavy atom. The highest BCUT2D eigenvalue weighted by Crippen LogP contribution is 2.17. The smallest absolute Gasteiger partial charge is 0.328 e. The van der Waals surface area contributed by atoms with E-state index in [4.69, 9.17) is 10.5 Å². The number of halogens is 1. The summed E-state index contributed by atoms with van der Waals surface area (Å²) in [7, 11) is 0. The number of carbonyl (C=O) groups is 2. The third kappa shape index (κ3) is 3.67. The van der Waals surface area contributed by atoms with Crippen LogP contribution in [0, 0.1) is 12.7 Å². The molecule has 3 N–H and O–H groups in total. The molecule has 0 spiro atoms. The Hall–Kier alpha value is -2.11. The number of nitrogens with two attached hydrogens (primary N) is 1. The average molecular weight is 268 g/mol. The summed E-state index contributed by atoms with van der Waals surface area (Å²) < 4.78 is 18.5.